The first-order chi connectivity index (χ1) is 12.7. The van der Waals surface area contributed by atoms with Gasteiger partial charge in [0.25, 0.3) is 0 Å². The number of nitrogens with zero attached hydrogens (tertiary/aromatic N) is 2. The molecule has 0 unspecified atom stereocenters. The van der Waals surface area contributed by atoms with E-state index >= 15 is 0 Å². The first-order valence-electron chi connectivity index (χ1n) is 9.04. The van der Waals surface area contributed by atoms with Crippen LogP contribution in [0.1, 0.15) is 32.4 Å². The van der Waals surface area contributed by atoms with Gasteiger partial charge in [-0.15, -0.1) is 11.3 Å². The van der Waals surface area contributed by atoms with Crippen molar-refractivity contribution in [2.75, 3.05) is 26.4 Å². The molecule has 1 aliphatic heterocycles. The third kappa shape index (κ3) is 4.53. The van der Waals surface area contributed by atoms with Gasteiger partial charge in [-0.05, 0) is 45.0 Å². The van der Waals surface area contributed by atoms with Gasteiger partial charge in [-0.2, -0.15) is 0 Å². The summed E-state index contributed by atoms with van der Waals surface area (Å²) in [6.07, 6.45) is 1.43. The molecule has 2 heterocycles. The highest BCUT2D eigenvalue weighted by molar-refractivity contribution is 7.13. The number of carbonyl (C=O) groups is 1. The number of ether oxygens (including phenoxy) is 2. The number of fused-ring (bicyclic) bond motifs is 1. The Labute approximate surface area is 158 Å². The van der Waals surface area contributed by atoms with E-state index in [1.807, 2.05) is 36.9 Å². The first kappa shape index (κ1) is 18.7. The molecule has 1 amide bonds. The van der Waals surface area contributed by atoms with Gasteiger partial charge in [0, 0.05) is 37.0 Å². The molecule has 7 heteroatoms. The summed E-state index contributed by atoms with van der Waals surface area (Å²) in [5.74, 6) is 1.79. The molecule has 26 heavy (non-hydrogen) atoms. The van der Waals surface area contributed by atoms with E-state index in [0.717, 1.165) is 53.8 Å². The maximum absolute atomic E-state index is 11.9. The van der Waals surface area contributed by atoms with Crippen LogP contribution in [0.5, 0.6) is 11.5 Å². The number of aromatic nitrogens is 1. The highest BCUT2D eigenvalue weighted by Crippen LogP contribution is 2.36. The quantitative estimate of drug-likeness (QED) is 0.682. The highest BCUT2D eigenvalue weighted by atomic mass is 32.1. The Balaban J connectivity index is 1.44. The topological polar surface area (TPSA) is 63.7 Å². The molecule has 0 bridgehead atoms. The number of carbonyl (C=O) groups excluding carboxylic acids is 1. The van der Waals surface area contributed by atoms with Crippen molar-refractivity contribution in [2.45, 2.75) is 33.2 Å². The number of amides is 1. The van der Waals surface area contributed by atoms with Gasteiger partial charge in [0.1, 0.15) is 5.01 Å². The number of hydrogen-bond acceptors (Lipinski definition) is 6. The normalized spacial score (nSPS) is 12.4. The molecule has 1 aliphatic rings. The van der Waals surface area contributed by atoms with Crippen molar-refractivity contribution >= 4 is 17.2 Å². The molecule has 0 fully saturated rings. The van der Waals surface area contributed by atoms with E-state index in [1.54, 1.807) is 11.3 Å². The van der Waals surface area contributed by atoms with Crippen molar-refractivity contribution in [3.05, 3.63) is 29.3 Å². The summed E-state index contributed by atoms with van der Waals surface area (Å²) >= 11 is 1.62. The lowest BCUT2D eigenvalue weighted by atomic mass is 10.2. The number of benzene rings is 1. The summed E-state index contributed by atoms with van der Waals surface area (Å²) in [6, 6.07) is 5.89. The molecular formula is C19H25N3O3S. The second-order valence-electron chi connectivity index (χ2n) is 6.06. The van der Waals surface area contributed by atoms with E-state index in [2.05, 4.69) is 15.7 Å². The number of thiazole rings is 1. The van der Waals surface area contributed by atoms with E-state index in [0.29, 0.717) is 13.0 Å². The van der Waals surface area contributed by atoms with Crippen LogP contribution < -0.4 is 14.8 Å². The standard InChI is InChI=1S/C19H25N3O3S/c1-3-22(4-2)18(23)6-5-9-20-11-15-12-26-19(21-15)14-7-8-16-17(10-14)25-13-24-16/h7-8,10,12,20H,3-6,9,11,13H2,1-2H3. The molecule has 140 valence electrons. The minimum absolute atomic E-state index is 0.232. The monoisotopic (exact) mass is 375 g/mol. The minimum atomic E-state index is 0.232. The molecule has 0 saturated carbocycles. The summed E-state index contributed by atoms with van der Waals surface area (Å²) in [5.41, 5.74) is 2.05. The van der Waals surface area contributed by atoms with Crippen LogP contribution in [-0.2, 0) is 11.3 Å². The predicted molar refractivity (Wildman–Crippen MR) is 103 cm³/mol. The van der Waals surface area contributed by atoms with Gasteiger partial charge in [0.2, 0.25) is 12.7 Å². The van der Waals surface area contributed by atoms with Crippen LogP contribution in [0.2, 0.25) is 0 Å². The van der Waals surface area contributed by atoms with Gasteiger partial charge in [-0.25, -0.2) is 4.98 Å². The van der Waals surface area contributed by atoms with Crippen molar-refractivity contribution in [3.63, 3.8) is 0 Å². The Kier molecular flexibility index (Phi) is 6.46. The summed E-state index contributed by atoms with van der Waals surface area (Å²) in [7, 11) is 0. The second kappa shape index (κ2) is 9.00. The summed E-state index contributed by atoms with van der Waals surface area (Å²) in [5, 5.41) is 6.40. The average Bonchev–Trinajstić information content (AvgIpc) is 3.31. The van der Waals surface area contributed by atoms with E-state index in [9.17, 15) is 4.79 Å². The van der Waals surface area contributed by atoms with Crippen LogP contribution in [0.3, 0.4) is 0 Å². The first-order valence-corrected chi connectivity index (χ1v) is 9.92. The lowest BCUT2D eigenvalue weighted by Gasteiger charge is -2.18. The van der Waals surface area contributed by atoms with Gasteiger partial charge in [0.05, 0.1) is 5.69 Å². The molecule has 0 spiro atoms. The lowest BCUT2D eigenvalue weighted by Crippen LogP contribution is -2.30. The zero-order chi connectivity index (χ0) is 18.4. The van der Waals surface area contributed by atoms with Gasteiger partial charge < -0.3 is 19.7 Å². The molecule has 1 N–H and O–H groups in total. The van der Waals surface area contributed by atoms with Crippen LogP contribution >= 0.6 is 11.3 Å². The molecule has 6 nitrogen and oxygen atoms in total. The predicted octanol–water partition coefficient (Wildman–Crippen LogP) is 3.28. The SMILES string of the molecule is CCN(CC)C(=O)CCCNCc1csc(-c2ccc3c(c2)OCO3)n1. The van der Waals surface area contributed by atoms with Crippen molar-refractivity contribution in [1.82, 2.24) is 15.2 Å². The van der Waals surface area contributed by atoms with Gasteiger partial charge in [0.15, 0.2) is 11.5 Å². The second-order valence-corrected chi connectivity index (χ2v) is 6.92. The van der Waals surface area contributed by atoms with Crippen LogP contribution in [0.4, 0.5) is 0 Å². The average molecular weight is 375 g/mol. The number of nitrogens with one attached hydrogen (secondary N) is 1. The van der Waals surface area contributed by atoms with E-state index in [1.165, 1.54) is 0 Å². The Morgan fingerprint density at radius 3 is 2.88 bits per heavy atom. The molecule has 2 aromatic rings. The zero-order valence-corrected chi connectivity index (χ0v) is 16.1. The number of rotatable bonds is 9. The van der Waals surface area contributed by atoms with Crippen LogP contribution in [-0.4, -0.2) is 42.2 Å². The lowest BCUT2D eigenvalue weighted by molar-refractivity contribution is -0.130. The van der Waals surface area contributed by atoms with Crippen LogP contribution in [0, 0.1) is 0 Å². The molecule has 0 aliphatic carbocycles. The molecule has 1 aromatic carbocycles. The van der Waals surface area contributed by atoms with E-state index in [4.69, 9.17) is 9.47 Å². The minimum Gasteiger partial charge on any atom is -0.454 e. The Morgan fingerprint density at radius 2 is 2.08 bits per heavy atom. The Hall–Kier alpha value is -2.12. The fourth-order valence-electron chi connectivity index (χ4n) is 2.87. The van der Waals surface area contributed by atoms with Crippen molar-refractivity contribution < 1.29 is 14.3 Å². The largest absolute Gasteiger partial charge is 0.454 e. The smallest absolute Gasteiger partial charge is 0.231 e. The Bertz CT molecular complexity index is 743. The molecule has 0 atom stereocenters. The van der Waals surface area contributed by atoms with Crippen molar-refractivity contribution in [3.8, 4) is 22.1 Å². The van der Waals surface area contributed by atoms with Crippen LogP contribution in [0.25, 0.3) is 10.6 Å². The van der Waals surface area contributed by atoms with Crippen LogP contribution in [0.15, 0.2) is 23.6 Å². The van der Waals surface area contributed by atoms with E-state index < -0.39 is 0 Å². The fourth-order valence-corrected chi connectivity index (χ4v) is 3.68. The third-order valence-electron chi connectivity index (χ3n) is 4.34. The van der Waals surface area contributed by atoms with E-state index in [-0.39, 0.29) is 12.7 Å². The molecule has 3 rings (SSSR count). The molecular weight excluding hydrogens is 350 g/mol. The van der Waals surface area contributed by atoms with Gasteiger partial charge in [-0.1, -0.05) is 0 Å². The van der Waals surface area contributed by atoms with Crippen molar-refractivity contribution in [1.29, 1.82) is 0 Å². The third-order valence-corrected chi connectivity index (χ3v) is 5.28. The zero-order valence-electron chi connectivity index (χ0n) is 15.3. The maximum atomic E-state index is 11.9. The molecule has 0 radical (unpaired) electrons. The van der Waals surface area contributed by atoms with Crippen molar-refractivity contribution in [2.24, 2.45) is 0 Å². The molecule has 1 aromatic heterocycles. The number of hydrogen-bond donors (Lipinski definition) is 1. The molecule has 0 saturated heterocycles. The summed E-state index contributed by atoms with van der Waals surface area (Å²) in [6.45, 7) is 7.39. The van der Waals surface area contributed by atoms with Gasteiger partial charge in [-0.3, -0.25) is 4.79 Å². The highest BCUT2D eigenvalue weighted by Gasteiger charge is 2.15. The summed E-state index contributed by atoms with van der Waals surface area (Å²) in [4.78, 5) is 18.5. The van der Waals surface area contributed by atoms with Gasteiger partial charge >= 0.3 is 0 Å². The fraction of sp³-hybridized carbons (Fsp3) is 0.474. The summed E-state index contributed by atoms with van der Waals surface area (Å²) < 4.78 is 10.8. The Morgan fingerprint density at radius 1 is 1.27 bits per heavy atom. The maximum Gasteiger partial charge on any atom is 0.231 e.